The zero-order valence-corrected chi connectivity index (χ0v) is 22.8. The lowest BCUT2D eigenvalue weighted by Gasteiger charge is -2.16. The Labute approximate surface area is 231 Å². The molecule has 0 saturated carbocycles. The van der Waals surface area contributed by atoms with Crippen LogP contribution in [0.15, 0.2) is 89.8 Å². The van der Waals surface area contributed by atoms with Gasteiger partial charge in [-0.2, -0.15) is 4.57 Å². The molecule has 3 heterocycles. The van der Waals surface area contributed by atoms with Crippen LogP contribution in [0.4, 0.5) is 17.3 Å². The summed E-state index contributed by atoms with van der Waals surface area (Å²) in [6.07, 6.45) is 4.79. The van der Waals surface area contributed by atoms with Crippen LogP contribution in [0.1, 0.15) is 19.8 Å². The molecule has 1 nitrogen and oxygen atoms in total. The average molecular weight is 561 g/mol. The summed E-state index contributed by atoms with van der Waals surface area (Å²) in [5.74, 6) is 0. The first-order chi connectivity index (χ1) is 18.8. The van der Waals surface area contributed by atoms with Crippen molar-refractivity contribution in [1.82, 2.24) is 0 Å². The van der Waals surface area contributed by atoms with Crippen LogP contribution in [0.25, 0.3) is 64.1 Å². The number of unbranched alkanes of at least 4 members (excludes halogenated alkanes) is 1. The number of aryl methyl sites for hydroxylation is 1. The monoisotopic (exact) mass is 561 g/mol. The Hall–Kier alpha value is -3.49. The number of pyridine rings is 1. The van der Waals surface area contributed by atoms with E-state index < -0.39 is 7.25 Å². The van der Waals surface area contributed by atoms with Crippen molar-refractivity contribution in [3.63, 3.8) is 0 Å². The maximum absolute atomic E-state index is 9.75. The number of hydrogen-bond donors (Lipinski definition) is 0. The molecule has 39 heavy (non-hydrogen) atoms. The molecule has 0 bridgehead atoms. The molecule has 0 saturated heterocycles. The number of halogens is 4. The molecule has 7 rings (SSSR count). The van der Waals surface area contributed by atoms with Crippen LogP contribution in [-0.2, 0) is 6.54 Å². The van der Waals surface area contributed by atoms with E-state index in [1.807, 2.05) is 22.7 Å². The predicted octanol–water partition coefficient (Wildman–Crippen LogP) is 10.6. The van der Waals surface area contributed by atoms with E-state index in [2.05, 4.69) is 101 Å². The summed E-state index contributed by atoms with van der Waals surface area (Å²) in [5, 5.41) is 15.2. The normalized spacial score (nSPS) is 12.0. The summed E-state index contributed by atoms with van der Waals surface area (Å²) in [7, 11) is -6.00. The summed E-state index contributed by atoms with van der Waals surface area (Å²) >= 11 is 3.68. The average Bonchev–Trinajstić information content (AvgIpc) is 3.63. The van der Waals surface area contributed by atoms with Crippen molar-refractivity contribution in [2.75, 3.05) is 0 Å². The van der Waals surface area contributed by atoms with Gasteiger partial charge in [-0.1, -0.05) is 67.9 Å². The van der Waals surface area contributed by atoms with Gasteiger partial charge in [-0.3, -0.25) is 0 Å². The zero-order valence-electron chi connectivity index (χ0n) is 21.1. The third-order valence-electron chi connectivity index (χ3n) is 7.04. The molecule has 0 aliphatic rings. The fourth-order valence-electron chi connectivity index (χ4n) is 5.52. The van der Waals surface area contributed by atoms with Gasteiger partial charge in [0.2, 0.25) is 5.69 Å². The Morgan fingerprint density at radius 2 is 1.33 bits per heavy atom. The van der Waals surface area contributed by atoms with Gasteiger partial charge in [0, 0.05) is 16.7 Å². The molecule has 3 aromatic heterocycles. The summed E-state index contributed by atoms with van der Waals surface area (Å²) in [6, 6.07) is 27.2. The lowest BCUT2D eigenvalue weighted by molar-refractivity contribution is -0.684. The minimum atomic E-state index is -6.00. The fraction of sp³-hybridized carbons (Fsp3) is 0.129. The van der Waals surface area contributed by atoms with Gasteiger partial charge in [0.15, 0.2) is 6.20 Å². The lowest BCUT2D eigenvalue weighted by Crippen LogP contribution is -2.36. The first-order valence-corrected chi connectivity index (χ1v) is 14.6. The summed E-state index contributed by atoms with van der Waals surface area (Å²) in [4.78, 5) is 2.68. The largest absolute Gasteiger partial charge is 0.673 e. The third kappa shape index (κ3) is 4.88. The second kappa shape index (κ2) is 10.2. The number of benzene rings is 4. The Morgan fingerprint density at radius 3 is 1.97 bits per heavy atom. The van der Waals surface area contributed by atoms with Crippen molar-refractivity contribution < 1.29 is 21.8 Å². The molecule has 0 spiro atoms. The minimum Gasteiger partial charge on any atom is -0.418 e. The van der Waals surface area contributed by atoms with Crippen molar-refractivity contribution in [2.24, 2.45) is 0 Å². The Balaban J connectivity index is 0.000000510. The van der Waals surface area contributed by atoms with Gasteiger partial charge in [0.05, 0.1) is 15.8 Å². The van der Waals surface area contributed by atoms with E-state index in [1.54, 1.807) is 0 Å². The summed E-state index contributed by atoms with van der Waals surface area (Å²) in [6.45, 7) is 3.31. The van der Waals surface area contributed by atoms with E-state index in [0.29, 0.717) is 0 Å². The maximum Gasteiger partial charge on any atom is 0.673 e. The predicted molar refractivity (Wildman–Crippen MR) is 160 cm³/mol. The topological polar surface area (TPSA) is 3.88 Å². The fourth-order valence-corrected chi connectivity index (χ4v) is 7.10. The van der Waals surface area contributed by atoms with E-state index in [-0.39, 0.29) is 0 Å². The van der Waals surface area contributed by atoms with Gasteiger partial charge in [-0.25, -0.2) is 0 Å². The quantitative estimate of drug-likeness (QED) is 0.0647. The molecule has 7 aromatic rings. The van der Waals surface area contributed by atoms with E-state index >= 15 is 0 Å². The maximum atomic E-state index is 9.75. The molecule has 0 aliphatic carbocycles. The molecule has 196 valence electrons. The van der Waals surface area contributed by atoms with E-state index in [4.69, 9.17) is 0 Å². The van der Waals surface area contributed by atoms with Crippen LogP contribution in [0.5, 0.6) is 0 Å². The molecule has 8 heteroatoms. The summed E-state index contributed by atoms with van der Waals surface area (Å²) in [5.41, 5.74) is 2.72. The molecular formula is C31H24BF4NS2. The molecule has 0 unspecified atom stereocenters. The molecule has 0 atom stereocenters. The summed E-state index contributed by atoms with van der Waals surface area (Å²) < 4.78 is 41.5. The molecule has 0 N–H and O–H groups in total. The van der Waals surface area contributed by atoms with E-state index in [0.717, 1.165) is 6.54 Å². The van der Waals surface area contributed by atoms with Gasteiger partial charge < -0.3 is 17.3 Å². The Morgan fingerprint density at radius 1 is 0.692 bits per heavy atom. The SMILES string of the molecule is CCCC[n+]1cc2c(cc3ccc4cccc5ccc2c3c45)c(-c2cccs2)c1-c1cccs1.F[B-](F)(F)F. The second-order valence-corrected chi connectivity index (χ2v) is 11.4. The molecule has 0 radical (unpaired) electrons. The number of aromatic nitrogens is 1. The van der Waals surface area contributed by atoms with Crippen LogP contribution >= 0.6 is 22.7 Å². The van der Waals surface area contributed by atoms with Crippen molar-refractivity contribution in [3.8, 4) is 21.0 Å². The number of rotatable bonds is 5. The molecule has 0 aliphatic heterocycles. The highest BCUT2D eigenvalue weighted by Gasteiger charge is 2.26. The Kier molecular flexibility index (Phi) is 6.77. The number of fused-ring (bicyclic) bond motifs is 2. The first-order valence-electron chi connectivity index (χ1n) is 12.8. The first kappa shape index (κ1) is 25.8. The highest BCUT2D eigenvalue weighted by molar-refractivity contribution is 7.14. The number of hydrogen-bond acceptors (Lipinski definition) is 2. The van der Waals surface area contributed by atoms with Gasteiger partial charge in [0.1, 0.15) is 6.54 Å². The van der Waals surface area contributed by atoms with Gasteiger partial charge in [-0.05, 0) is 61.3 Å². The number of nitrogens with zero attached hydrogens (tertiary/aromatic N) is 1. The van der Waals surface area contributed by atoms with E-state index in [9.17, 15) is 17.3 Å². The van der Waals surface area contributed by atoms with Crippen molar-refractivity contribution in [2.45, 2.75) is 26.3 Å². The van der Waals surface area contributed by atoms with Crippen molar-refractivity contribution >= 4 is 73.0 Å². The lowest BCUT2D eigenvalue weighted by atomic mass is 9.89. The second-order valence-electron chi connectivity index (χ2n) is 9.54. The minimum absolute atomic E-state index is 1.03. The van der Waals surface area contributed by atoms with Gasteiger partial charge in [0.25, 0.3) is 0 Å². The van der Waals surface area contributed by atoms with Crippen LogP contribution in [0.3, 0.4) is 0 Å². The van der Waals surface area contributed by atoms with Gasteiger partial charge >= 0.3 is 7.25 Å². The van der Waals surface area contributed by atoms with Crippen LogP contribution in [0, 0.1) is 0 Å². The Bertz CT molecular complexity index is 1870. The zero-order chi connectivity index (χ0) is 27.1. The smallest absolute Gasteiger partial charge is 0.418 e. The highest BCUT2D eigenvalue weighted by atomic mass is 32.1. The highest BCUT2D eigenvalue weighted by Crippen LogP contribution is 2.44. The third-order valence-corrected chi connectivity index (χ3v) is 8.81. The molecule has 0 amide bonds. The number of thiophene rings is 2. The molecular weight excluding hydrogens is 537 g/mol. The molecule has 0 fully saturated rings. The van der Waals surface area contributed by atoms with Crippen LogP contribution < -0.4 is 4.57 Å². The van der Waals surface area contributed by atoms with Crippen LogP contribution in [0.2, 0.25) is 0 Å². The molecule has 4 aromatic carbocycles. The van der Waals surface area contributed by atoms with Crippen LogP contribution in [-0.4, -0.2) is 7.25 Å². The van der Waals surface area contributed by atoms with Crippen molar-refractivity contribution in [1.29, 1.82) is 0 Å². The van der Waals surface area contributed by atoms with Crippen molar-refractivity contribution in [3.05, 3.63) is 89.8 Å². The standard InChI is InChI=1S/C31H24NS2.BF4/c1-2-3-15-32-19-25-23-14-13-21-8-4-7-20-11-12-22(29(23)28(20)21)18-24(25)30(26-9-5-16-33-26)31(32)27-10-6-17-34-27;2-1(3,4)5/h4-14,16-19H,2-3,15H2,1H3;/q+1;-1. The van der Waals surface area contributed by atoms with E-state index in [1.165, 1.54) is 76.9 Å². The van der Waals surface area contributed by atoms with Gasteiger partial charge in [-0.15, -0.1) is 22.7 Å².